The fourth-order valence-corrected chi connectivity index (χ4v) is 3.20. The predicted octanol–water partition coefficient (Wildman–Crippen LogP) is 1.69. The van der Waals surface area contributed by atoms with Crippen LogP contribution < -0.4 is 19.5 Å². The summed E-state index contributed by atoms with van der Waals surface area (Å²) in [5, 5.41) is 2.75. The number of sulfonamides is 1. The van der Waals surface area contributed by atoms with Crippen LogP contribution in [0.3, 0.4) is 0 Å². The van der Waals surface area contributed by atoms with Gasteiger partial charge in [0.2, 0.25) is 15.9 Å². The topological polar surface area (TPSA) is 93.7 Å². The van der Waals surface area contributed by atoms with Crippen LogP contribution in [0.4, 0.5) is 0 Å². The number of amides is 1. The first-order chi connectivity index (χ1) is 12.4. The van der Waals surface area contributed by atoms with Crippen LogP contribution in [0.1, 0.15) is 12.0 Å². The van der Waals surface area contributed by atoms with Gasteiger partial charge in [0.25, 0.3) is 0 Å². The Balaban J connectivity index is 1.77. The van der Waals surface area contributed by atoms with Crippen LogP contribution >= 0.6 is 0 Å². The van der Waals surface area contributed by atoms with E-state index in [4.69, 9.17) is 9.47 Å². The SMILES string of the molecule is COc1ccc(CNC(=O)CCNS(=O)(=O)c2ccc(OC)cc2)cc1. The Hall–Kier alpha value is -2.58. The number of hydrogen-bond acceptors (Lipinski definition) is 5. The Kier molecular flexibility index (Phi) is 6.99. The number of carbonyl (C=O) groups is 1. The van der Waals surface area contributed by atoms with E-state index in [-0.39, 0.29) is 23.8 Å². The van der Waals surface area contributed by atoms with E-state index in [0.29, 0.717) is 12.3 Å². The molecular weight excluding hydrogens is 356 g/mol. The zero-order valence-electron chi connectivity index (χ0n) is 14.7. The molecule has 0 unspecified atom stereocenters. The molecule has 26 heavy (non-hydrogen) atoms. The Bertz CT molecular complexity index is 818. The Labute approximate surface area is 153 Å². The van der Waals surface area contributed by atoms with Crippen LogP contribution in [0.2, 0.25) is 0 Å². The second kappa shape index (κ2) is 9.21. The summed E-state index contributed by atoms with van der Waals surface area (Å²) < 4.78 is 36.8. The van der Waals surface area contributed by atoms with Crippen molar-refractivity contribution in [1.29, 1.82) is 0 Å². The van der Waals surface area contributed by atoms with Gasteiger partial charge >= 0.3 is 0 Å². The fraction of sp³-hybridized carbons (Fsp3) is 0.278. The van der Waals surface area contributed by atoms with Crippen molar-refractivity contribution in [2.24, 2.45) is 0 Å². The van der Waals surface area contributed by atoms with Gasteiger partial charge in [0.1, 0.15) is 11.5 Å². The highest BCUT2D eigenvalue weighted by Crippen LogP contribution is 2.15. The first kappa shape index (κ1) is 19.7. The highest BCUT2D eigenvalue weighted by atomic mass is 32.2. The van der Waals surface area contributed by atoms with E-state index in [2.05, 4.69) is 10.0 Å². The summed E-state index contributed by atoms with van der Waals surface area (Å²) in [7, 11) is -0.562. The fourth-order valence-electron chi connectivity index (χ4n) is 2.17. The number of nitrogens with one attached hydrogen (secondary N) is 2. The summed E-state index contributed by atoms with van der Waals surface area (Å²) in [6.45, 7) is 0.386. The molecule has 7 nitrogen and oxygen atoms in total. The zero-order chi connectivity index (χ0) is 19.0. The van der Waals surface area contributed by atoms with E-state index in [0.717, 1.165) is 11.3 Å². The molecule has 0 aromatic heterocycles. The summed E-state index contributed by atoms with van der Waals surface area (Å²) in [6.07, 6.45) is 0.0472. The molecule has 2 N–H and O–H groups in total. The summed E-state index contributed by atoms with van der Waals surface area (Å²) in [5.74, 6) is 1.08. The quantitative estimate of drug-likeness (QED) is 0.693. The summed E-state index contributed by atoms with van der Waals surface area (Å²) in [6, 6.07) is 13.4. The van der Waals surface area contributed by atoms with Gasteiger partial charge < -0.3 is 14.8 Å². The Morgan fingerprint density at radius 3 is 2.00 bits per heavy atom. The molecule has 0 aliphatic rings. The molecule has 0 bridgehead atoms. The molecule has 0 saturated heterocycles. The van der Waals surface area contributed by atoms with Gasteiger partial charge in [0.05, 0.1) is 19.1 Å². The van der Waals surface area contributed by atoms with E-state index in [1.807, 2.05) is 24.3 Å². The number of hydrogen-bond donors (Lipinski definition) is 2. The van der Waals surface area contributed by atoms with Crippen molar-refractivity contribution in [3.05, 3.63) is 54.1 Å². The van der Waals surface area contributed by atoms with Gasteiger partial charge in [-0.15, -0.1) is 0 Å². The number of carbonyl (C=O) groups excluding carboxylic acids is 1. The smallest absolute Gasteiger partial charge is 0.240 e. The van der Waals surface area contributed by atoms with Gasteiger partial charge in [-0.2, -0.15) is 0 Å². The van der Waals surface area contributed by atoms with Gasteiger partial charge in [0.15, 0.2) is 0 Å². The molecule has 8 heteroatoms. The van der Waals surface area contributed by atoms with Gasteiger partial charge in [0, 0.05) is 19.5 Å². The second-order valence-corrected chi connectivity index (χ2v) is 7.22. The maximum Gasteiger partial charge on any atom is 0.240 e. The number of methoxy groups -OCH3 is 2. The maximum atomic E-state index is 12.2. The molecule has 0 aliphatic heterocycles. The van der Waals surface area contributed by atoms with E-state index >= 15 is 0 Å². The predicted molar refractivity (Wildman–Crippen MR) is 97.6 cm³/mol. The van der Waals surface area contributed by atoms with Crippen molar-refractivity contribution in [3.63, 3.8) is 0 Å². The standard InChI is InChI=1S/C18H22N2O5S/c1-24-15-5-3-14(4-6-15)13-19-18(21)11-12-20-26(22,23)17-9-7-16(25-2)8-10-17/h3-10,20H,11-13H2,1-2H3,(H,19,21). The minimum atomic E-state index is -3.66. The molecule has 0 heterocycles. The lowest BCUT2D eigenvalue weighted by molar-refractivity contribution is -0.121. The average molecular weight is 378 g/mol. The van der Waals surface area contributed by atoms with Crippen molar-refractivity contribution >= 4 is 15.9 Å². The van der Waals surface area contributed by atoms with Crippen molar-refractivity contribution in [2.75, 3.05) is 20.8 Å². The molecule has 0 spiro atoms. The Morgan fingerprint density at radius 2 is 1.46 bits per heavy atom. The van der Waals surface area contributed by atoms with Crippen LogP contribution in [-0.4, -0.2) is 35.1 Å². The van der Waals surface area contributed by atoms with Gasteiger partial charge in [-0.25, -0.2) is 13.1 Å². The van der Waals surface area contributed by atoms with Gasteiger partial charge in [-0.1, -0.05) is 12.1 Å². The van der Waals surface area contributed by atoms with Gasteiger partial charge in [-0.05, 0) is 42.0 Å². The summed E-state index contributed by atoms with van der Waals surface area (Å²) >= 11 is 0. The molecule has 1 amide bonds. The van der Waals surface area contributed by atoms with E-state index in [9.17, 15) is 13.2 Å². The van der Waals surface area contributed by atoms with Crippen LogP contribution in [-0.2, 0) is 21.4 Å². The first-order valence-electron chi connectivity index (χ1n) is 7.98. The molecule has 0 saturated carbocycles. The minimum absolute atomic E-state index is 0.0167. The third-order valence-corrected chi connectivity index (χ3v) is 5.14. The number of ether oxygens (including phenoxy) is 2. The molecule has 2 aromatic rings. The van der Waals surface area contributed by atoms with Crippen LogP contribution in [0.5, 0.6) is 11.5 Å². The van der Waals surface area contributed by atoms with Gasteiger partial charge in [-0.3, -0.25) is 4.79 Å². The van der Waals surface area contributed by atoms with Crippen molar-refractivity contribution in [2.45, 2.75) is 17.9 Å². The van der Waals surface area contributed by atoms with Crippen molar-refractivity contribution < 1.29 is 22.7 Å². The summed E-state index contributed by atoms with van der Waals surface area (Å²) in [4.78, 5) is 12.0. The molecule has 2 aromatic carbocycles. The third kappa shape index (κ3) is 5.75. The van der Waals surface area contributed by atoms with E-state index in [1.165, 1.54) is 19.2 Å². The minimum Gasteiger partial charge on any atom is -0.497 e. The molecule has 0 fully saturated rings. The molecule has 0 aliphatic carbocycles. The third-order valence-electron chi connectivity index (χ3n) is 3.66. The first-order valence-corrected chi connectivity index (χ1v) is 9.46. The molecule has 0 radical (unpaired) electrons. The van der Waals surface area contributed by atoms with Crippen LogP contribution in [0, 0.1) is 0 Å². The lowest BCUT2D eigenvalue weighted by atomic mass is 10.2. The van der Waals surface area contributed by atoms with Crippen molar-refractivity contribution in [3.8, 4) is 11.5 Å². The molecule has 2 rings (SSSR count). The number of rotatable bonds is 9. The lowest BCUT2D eigenvalue weighted by Crippen LogP contribution is -2.30. The molecule has 0 atom stereocenters. The van der Waals surface area contributed by atoms with Crippen LogP contribution in [0.15, 0.2) is 53.4 Å². The average Bonchev–Trinajstić information content (AvgIpc) is 2.66. The van der Waals surface area contributed by atoms with E-state index in [1.54, 1.807) is 19.2 Å². The zero-order valence-corrected chi connectivity index (χ0v) is 15.5. The van der Waals surface area contributed by atoms with Crippen molar-refractivity contribution in [1.82, 2.24) is 10.0 Å². The number of benzene rings is 2. The monoisotopic (exact) mass is 378 g/mol. The van der Waals surface area contributed by atoms with E-state index < -0.39 is 10.0 Å². The normalized spacial score (nSPS) is 11.0. The maximum absolute atomic E-state index is 12.2. The summed E-state index contributed by atoms with van der Waals surface area (Å²) in [5.41, 5.74) is 0.929. The Morgan fingerprint density at radius 1 is 0.923 bits per heavy atom. The highest BCUT2D eigenvalue weighted by Gasteiger charge is 2.14. The lowest BCUT2D eigenvalue weighted by Gasteiger charge is -2.09. The van der Waals surface area contributed by atoms with Crippen LogP contribution in [0.25, 0.3) is 0 Å². The largest absolute Gasteiger partial charge is 0.497 e. The molecule has 140 valence electrons. The second-order valence-electron chi connectivity index (χ2n) is 5.45. The molecular formula is C18H22N2O5S. The highest BCUT2D eigenvalue weighted by molar-refractivity contribution is 7.89.